The van der Waals surface area contributed by atoms with Crippen LogP contribution >= 0.6 is 0 Å². The summed E-state index contributed by atoms with van der Waals surface area (Å²) in [6, 6.07) is 0. The van der Waals surface area contributed by atoms with Gasteiger partial charge in [0.15, 0.2) is 0 Å². The zero-order valence-corrected chi connectivity index (χ0v) is 17.0. The Bertz CT molecular complexity index is 488. The highest BCUT2D eigenvalue weighted by Gasteiger charge is 2.03. The van der Waals surface area contributed by atoms with Crippen molar-refractivity contribution in [3.63, 3.8) is 0 Å². The largest absolute Gasteiger partial charge is 0.339 e. The van der Waals surface area contributed by atoms with E-state index in [1.807, 2.05) is 10.8 Å². The number of nitrogens with one attached hydrogen (secondary N) is 2. The third kappa shape index (κ3) is 13.9. The van der Waals surface area contributed by atoms with Crippen molar-refractivity contribution in [3.8, 4) is 0 Å². The van der Waals surface area contributed by atoms with Crippen molar-refractivity contribution in [3.05, 3.63) is 18.7 Å². The number of imidazole rings is 1. The molecular formula is C21H38N4O2. The first kappa shape index (κ1) is 23.2. The van der Waals surface area contributed by atoms with Gasteiger partial charge in [-0.15, -0.1) is 0 Å². The molecule has 0 aliphatic rings. The van der Waals surface area contributed by atoms with Crippen LogP contribution < -0.4 is 10.6 Å². The van der Waals surface area contributed by atoms with E-state index in [1.54, 1.807) is 12.5 Å². The quantitative estimate of drug-likeness (QED) is 0.316. The average molecular weight is 379 g/mol. The van der Waals surface area contributed by atoms with Gasteiger partial charge in [0, 0.05) is 31.8 Å². The highest BCUT2D eigenvalue weighted by Crippen LogP contribution is 2.11. The summed E-state index contributed by atoms with van der Waals surface area (Å²) in [6.07, 6.45) is 20.1. The molecule has 6 heteroatoms. The molecule has 0 aliphatic carbocycles. The Balaban J connectivity index is 1.83. The molecule has 0 fully saturated rings. The lowest BCUT2D eigenvalue weighted by molar-refractivity contribution is -0.123. The first-order chi connectivity index (χ1) is 13.2. The lowest BCUT2D eigenvalue weighted by Crippen LogP contribution is -2.37. The summed E-state index contributed by atoms with van der Waals surface area (Å²) in [5, 5.41) is 5.47. The van der Waals surface area contributed by atoms with Gasteiger partial charge in [-0.05, 0) is 6.42 Å². The monoisotopic (exact) mass is 378 g/mol. The lowest BCUT2D eigenvalue weighted by Gasteiger charge is -2.08. The maximum Gasteiger partial charge on any atom is 0.223 e. The van der Waals surface area contributed by atoms with Crippen LogP contribution in [0.4, 0.5) is 0 Å². The van der Waals surface area contributed by atoms with Gasteiger partial charge in [-0.3, -0.25) is 9.59 Å². The Morgan fingerprint density at radius 1 is 0.815 bits per heavy atom. The van der Waals surface area contributed by atoms with Crippen molar-refractivity contribution in [1.29, 1.82) is 0 Å². The van der Waals surface area contributed by atoms with E-state index in [2.05, 4.69) is 22.5 Å². The summed E-state index contributed by atoms with van der Waals surface area (Å²) in [5.74, 6) is -0.0560. The number of aromatic nitrogens is 2. The minimum absolute atomic E-state index is 0.0147. The van der Waals surface area contributed by atoms with Crippen molar-refractivity contribution in [2.24, 2.45) is 0 Å². The fourth-order valence-electron chi connectivity index (χ4n) is 3.02. The Labute approximate surface area is 164 Å². The SMILES string of the molecule is CCCCCCCCCCCCCC(=O)NCNC(=O)CCn1ccnc1. The van der Waals surface area contributed by atoms with Crippen LogP contribution in [0.15, 0.2) is 18.7 Å². The molecule has 0 aliphatic heterocycles. The molecule has 154 valence electrons. The van der Waals surface area contributed by atoms with Gasteiger partial charge in [-0.25, -0.2) is 4.98 Å². The first-order valence-electron chi connectivity index (χ1n) is 10.7. The highest BCUT2D eigenvalue weighted by atomic mass is 16.2. The van der Waals surface area contributed by atoms with Crippen molar-refractivity contribution >= 4 is 11.8 Å². The number of hydrogen-bond acceptors (Lipinski definition) is 3. The molecule has 0 bridgehead atoms. The maximum atomic E-state index is 11.8. The summed E-state index contributed by atoms with van der Waals surface area (Å²) < 4.78 is 1.85. The molecule has 27 heavy (non-hydrogen) atoms. The van der Waals surface area contributed by atoms with Gasteiger partial charge in [0.2, 0.25) is 11.8 Å². The number of amides is 2. The number of carbonyl (C=O) groups is 2. The van der Waals surface area contributed by atoms with Crippen molar-refractivity contribution in [2.45, 2.75) is 96.9 Å². The molecule has 2 N–H and O–H groups in total. The van der Waals surface area contributed by atoms with Gasteiger partial charge in [-0.1, -0.05) is 71.1 Å². The summed E-state index contributed by atoms with van der Waals surface area (Å²) >= 11 is 0. The Hall–Kier alpha value is -1.85. The standard InChI is InChI=1S/C21H38N4O2/c1-2-3-4-5-6-7-8-9-10-11-12-13-20(26)23-18-24-21(27)14-16-25-17-15-22-19-25/h15,17,19H,2-14,16,18H2,1H3,(H,23,26)(H,24,27). The van der Waals surface area contributed by atoms with E-state index in [0.29, 0.717) is 19.4 Å². The van der Waals surface area contributed by atoms with E-state index in [1.165, 1.54) is 57.8 Å². The molecule has 6 nitrogen and oxygen atoms in total. The molecule has 0 unspecified atom stereocenters. The molecule has 2 amide bonds. The molecule has 1 rings (SSSR count). The van der Waals surface area contributed by atoms with Crippen LogP contribution in [-0.4, -0.2) is 28.0 Å². The second-order valence-electron chi connectivity index (χ2n) is 7.21. The van der Waals surface area contributed by atoms with E-state index in [0.717, 1.165) is 12.8 Å². The van der Waals surface area contributed by atoms with Crippen molar-refractivity contribution < 1.29 is 9.59 Å². The van der Waals surface area contributed by atoms with Crippen LogP contribution in [0.3, 0.4) is 0 Å². The van der Waals surface area contributed by atoms with Gasteiger partial charge in [0.1, 0.15) is 0 Å². The number of nitrogens with zero attached hydrogens (tertiary/aromatic N) is 2. The van der Waals surface area contributed by atoms with Gasteiger partial charge < -0.3 is 15.2 Å². The zero-order chi connectivity index (χ0) is 19.6. The number of hydrogen-bond donors (Lipinski definition) is 2. The Kier molecular flexibility index (Phi) is 14.0. The van der Waals surface area contributed by atoms with E-state index in [9.17, 15) is 9.59 Å². The summed E-state index contributed by atoms with van der Waals surface area (Å²) in [7, 11) is 0. The molecular weight excluding hydrogens is 340 g/mol. The number of rotatable bonds is 17. The summed E-state index contributed by atoms with van der Waals surface area (Å²) in [6.45, 7) is 3.05. The topological polar surface area (TPSA) is 76.0 Å². The van der Waals surface area contributed by atoms with Crippen LogP contribution in [0.2, 0.25) is 0 Å². The molecule has 0 saturated carbocycles. The van der Waals surface area contributed by atoms with E-state index < -0.39 is 0 Å². The Morgan fingerprint density at radius 3 is 1.93 bits per heavy atom. The lowest BCUT2D eigenvalue weighted by atomic mass is 10.1. The minimum Gasteiger partial charge on any atom is -0.339 e. The van der Waals surface area contributed by atoms with Crippen LogP contribution in [0.25, 0.3) is 0 Å². The molecule has 0 aromatic carbocycles. The van der Waals surface area contributed by atoms with E-state index >= 15 is 0 Å². The number of carbonyl (C=O) groups excluding carboxylic acids is 2. The third-order valence-corrected chi connectivity index (χ3v) is 4.73. The number of aryl methyl sites for hydroxylation is 1. The van der Waals surface area contributed by atoms with E-state index in [4.69, 9.17) is 0 Å². The van der Waals surface area contributed by atoms with Crippen molar-refractivity contribution in [1.82, 2.24) is 20.2 Å². The molecule has 0 spiro atoms. The van der Waals surface area contributed by atoms with Crippen LogP contribution in [0, 0.1) is 0 Å². The zero-order valence-electron chi connectivity index (χ0n) is 17.0. The molecule has 0 saturated heterocycles. The van der Waals surface area contributed by atoms with E-state index in [-0.39, 0.29) is 18.5 Å². The van der Waals surface area contributed by atoms with Crippen LogP contribution in [0.5, 0.6) is 0 Å². The van der Waals surface area contributed by atoms with Crippen molar-refractivity contribution in [2.75, 3.05) is 6.67 Å². The first-order valence-corrected chi connectivity index (χ1v) is 10.7. The van der Waals surface area contributed by atoms with Gasteiger partial charge in [0.05, 0.1) is 13.0 Å². The predicted octanol–water partition coefficient (Wildman–Crippen LogP) is 4.16. The van der Waals surface area contributed by atoms with Crippen LogP contribution in [-0.2, 0) is 16.1 Å². The summed E-state index contributed by atoms with van der Waals surface area (Å²) in [4.78, 5) is 27.4. The fourth-order valence-corrected chi connectivity index (χ4v) is 3.02. The Morgan fingerprint density at radius 2 is 1.37 bits per heavy atom. The third-order valence-electron chi connectivity index (χ3n) is 4.73. The molecule has 1 aromatic rings. The van der Waals surface area contributed by atoms with Crippen LogP contribution in [0.1, 0.15) is 90.4 Å². The minimum atomic E-state index is -0.0707. The normalized spacial score (nSPS) is 10.7. The predicted molar refractivity (Wildman–Crippen MR) is 109 cm³/mol. The fraction of sp³-hybridized carbons (Fsp3) is 0.762. The highest BCUT2D eigenvalue weighted by molar-refractivity contribution is 5.78. The molecule has 1 heterocycles. The van der Waals surface area contributed by atoms with Gasteiger partial charge in [0.25, 0.3) is 0 Å². The maximum absolute atomic E-state index is 11.8. The molecule has 0 radical (unpaired) electrons. The smallest absolute Gasteiger partial charge is 0.223 e. The molecule has 0 atom stereocenters. The van der Waals surface area contributed by atoms with Gasteiger partial charge in [-0.2, -0.15) is 0 Å². The number of unbranched alkanes of at least 4 members (excludes halogenated alkanes) is 10. The molecule has 1 aromatic heterocycles. The van der Waals surface area contributed by atoms with Gasteiger partial charge >= 0.3 is 0 Å². The summed E-state index contributed by atoms with van der Waals surface area (Å²) in [5.41, 5.74) is 0. The second kappa shape index (κ2) is 16.3. The second-order valence-corrected chi connectivity index (χ2v) is 7.21. The average Bonchev–Trinajstić information content (AvgIpc) is 3.18.